The Kier molecular flexibility index (Phi) is 5.79. The lowest BCUT2D eigenvalue weighted by atomic mass is 9.99. The van der Waals surface area contributed by atoms with Gasteiger partial charge >= 0.3 is 0 Å². The lowest BCUT2D eigenvalue weighted by Crippen LogP contribution is -2.41. The highest BCUT2D eigenvalue weighted by Gasteiger charge is 2.23. The molecule has 1 saturated heterocycles. The van der Waals surface area contributed by atoms with E-state index < -0.39 is 0 Å². The summed E-state index contributed by atoms with van der Waals surface area (Å²) < 4.78 is 6.18. The summed E-state index contributed by atoms with van der Waals surface area (Å²) in [7, 11) is 0. The molecule has 1 fully saturated rings. The van der Waals surface area contributed by atoms with Gasteiger partial charge in [-0.05, 0) is 42.7 Å². The van der Waals surface area contributed by atoms with Crippen LogP contribution >= 0.6 is 0 Å². The van der Waals surface area contributed by atoms with Crippen molar-refractivity contribution in [2.75, 3.05) is 13.1 Å². The molecule has 0 radical (unpaired) electrons. The molecule has 3 aromatic rings. The standard InChI is InChI=1S/C25H28N2O2/c1-3-6-25(28)27-15-13-21(14-16-27)29-20-11-9-19(10-12-20)23-17-26-24-8-5-4-7-22(24)18(23)2/h4-5,7-12,17,21H,3,6,13-16H2,1-2H3. The fourth-order valence-electron chi connectivity index (χ4n) is 4.07. The highest BCUT2D eigenvalue weighted by Crippen LogP contribution is 2.30. The summed E-state index contributed by atoms with van der Waals surface area (Å²) in [5.74, 6) is 1.16. The molecule has 4 rings (SSSR count). The molecule has 0 atom stereocenters. The van der Waals surface area contributed by atoms with Gasteiger partial charge in [0.1, 0.15) is 11.9 Å². The molecule has 0 aliphatic carbocycles. The molecular weight excluding hydrogens is 360 g/mol. The molecule has 0 N–H and O–H groups in total. The normalized spacial score (nSPS) is 14.9. The number of aromatic nitrogens is 1. The Morgan fingerprint density at radius 1 is 1.10 bits per heavy atom. The van der Waals surface area contributed by atoms with Crippen molar-refractivity contribution in [2.24, 2.45) is 0 Å². The van der Waals surface area contributed by atoms with Crippen molar-refractivity contribution in [3.8, 4) is 16.9 Å². The second kappa shape index (κ2) is 8.64. The smallest absolute Gasteiger partial charge is 0.222 e. The van der Waals surface area contributed by atoms with Crippen LogP contribution < -0.4 is 4.74 Å². The average Bonchev–Trinajstić information content (AvgIpc) is 2.76. The second-order valence-corrected chi connectivity index (χ2v) is 7.79. The summed E-state index contributed by atoms with van der Waals surface area (Å²) in [4.78, 5) is 18.6. The van der Waals surface area contributed by atoms with Crippen LogP contribution in [0.3, 0.4) is 0 Å². The largest absolute Gasteiger partial charge is 0.490 e. The highest BCUT2D eigenvalue weighted by atomic mass is 16.5. The molecule has 0 unspecified atom stereocenters. The Balaban J connectivity index is 1.42. The van der Waals surface area contributed by atoms with Gasteiger partial charge in [0, 0.05) is 49.5 Å². The first kappa shape index (κ1) is 19.4. The first-order valence-electron chi connectivity index (χ1n) is 10.5. The number of carbonyl (C=O) groups is 1. The maximum Gasteiger partial charge on any atom is 0.222 e. The molecule has 0 saturated carbocycles. The molecule has 0 bridgehead atoms. The molecule has 150 valence electrons. The van der Waals surface area contributed by atoms with Gasteiger partial charge in [0.25, 0.3) is 0 Å². The molecule has 2 heterocycles. The van der Waals surface area contributed by atoms with Crippen molar-refractivity contribution in [1.29, 1.82) is 0 Å². The van der Waals surface area contributed by atoms with Crippen molar-refractivity contribution in [3.63, 3.8) is 0 Å². The second-order valence-electron chi connectivity index (χ2n) is 7.79. The van der Waals surface area contributed by atoms with E-state index in [9.17, 15) is 4.79 Å². The number of piperidine rings is 1. The number of ether oxygens (including phenoxy) is 1. The average molecular weight is 389 g/mol. The number of hydrogen-bond acceptors (Lipinski definition) is 3. The number of amides is 1. The van der Waals surface area contributed by atoms with E-state index in [0.29, 0.717) is 6.42 Å². The quantitative estimate of drug-likeness (QED) is 0.589. The first-order chi connectivity index (χ1) is 14.2. The number of nitrogens with zero attached hydrogens (tertiary/aromatic N) is 2. The zero-order chi connectivity index (χ0) is 20.2. The van der Waals surface area contributed by atoms with Gasteiger partial charge < -0.3 is 9.64 Å². The summed E-state index contributed by atoms with van der Waals surface area (Å²) in [6.45, 7) is 5.79. The molecule has 1 aliphatic heterocycles. The fraction of sp³-hybridized carbons (Fsp3) is 0.360. The van der Waals surface area contributed by atoms with E-state index in [1.54, 1.807) is 0 Å². The Hall–Kier alpha value is -2.88. The van der Waals surface area contributed by atoms with E-state index >= 15 is 0 Å². The number of likely N-dealkylation sites (tertiary alicyclic amines) is 1. The summed E-state index contributed by atoms with van der Waals surface area (Å²) >= 11 is 0. The minimum atomic E-state index is 0.176. The van der Waals surface area contributed by atoms with Gasteiger partial charge in [0.05, 0.1) is 5.52 Å². The van der Waals surface area contributed by atoms with Crippen molar-refractivity contribution < 1.29 is 9.53 Å². The summed E-state index contributed by atoms with van der Waals surface area (Å²) in [5, 5.41) is 1.19. The Bertz CT molecular complexity index is 989. The highest BCUT2D eigenvalue weighted by molar-refractivity contribution is 5.88. The van der Waals surface area contributed by atoms with Gasteiger partial charge in [0.2, 0.25) is 5.91 Å². The van der Waals surface area contributed by atoms with Crippen LogP contribution in [0.25, 0.3) is 22.0 Å². The molecular formula is C25H28N2O2. The third-order valence-corrected chi connectivity index (χ3v) is 5.77. The van der Waals surface area contributed by atoms with Crippen LogP contribution in [-0.2, 0) is 4.79 Å². The topological polar surface area (TPSA) is 42.4 Å². The third-order valence-electron chi connectivity index (χ3n) is 5.77. The van der Waals surface area contributed by atoms with E-state index in [1.807, 2.05) is 42.3 Å². The van der Waals surface area contributed by atoms with E-state index in [4.69, 9.17) is 4.74 Å². The zero-order valence-corrected chi connectivity index (χ0v) is 17.2. The van der Waals surface area contributed by atoms with Gasteiger partial charge in [0.15, 0.2) is 0 Å². The molecule has 1 aliphatic rings. The number of pyridine rings is 1. The molecule has 4 nitrogen and oxygen atoms in total. The van der Waals surface area contributed by atoms with Crippen LogP contribution in [0.1, 0.15) is 38.2 Å². The maximum atomic E-state index is 12.0. The van der Waals surface area contributed by atoms with Crippen molar-refractivity contribution >= 4 is 16.8 Å². The van der Waals surface area contributed by atoms with Crippen LogP contribution in [0.5, 0.6) is 5.75 Å². The molecule has 1 amide bonds. The van der Waals surface area contributed by atoms with E-state index in [-0.39, 0.29) is 12.0 Å². The number of fused-ring (bicyclic) bond motifs is 1. The van der Waals surface area contributed by atoms with Gasteiger partial charge in [-0.2, -0.15) is 0 Å². The van der Waals surface area contributed by atoms with E-state index in [1.165, 1.54) is 10.9 Å². The minimum Gasteiger partial charge on any atom is -0.490 e. The van der Waals surface area contributed by atoms with E-state index in [2.05, 4.69) is 36.2 Å². The monoisotopic (exact) mass is 388 g/mol. The number of benzene rings is 2. The lowest BCUT2D eigenvalue weighted by Gasteiger charge is -2.32. The van der Waals surface area contributed by atoms with Gasteiger partial charge in [-0.3, -0.25) is 9.78 Å². The SMILES string of the molecule is CCCC(=O)N1CCC(Oc2ccc(-c3cnc4ccccc4c3C)cc2)CC1. The molecule has 4 heteroatoms. The summed E-state index contributed by atoms with van der Waals surface area (Å²) in [6, 6.07) is 16.5. The molecule has 2 aromatic carbocycles. The van der Waals surface area contributed by atoms with Crippen molar-refractivity contribution in [2.45, 2.75) is 45.6 Å². The van der Waals surface area contributed by atoms with Gasteiger partial charge in [-0.1, -0.05) is 37.3 Å². The fourth-order valence-corrected chi connectivity index (χ4v) is 4.07. The molecule has 0 spiro atoms. The molecule has 29 heavy (non-hydrogen) atoms. The Morgan fingerprint density at radius 3 is 2.55 bits per heavy atom. The van der Waals surface area contributed by atoms with Gasteiger partial charge in [-0.15, -0.1) is 0 Å². The van der Waals surface area contributed by atoms with Gasteiger partial charge in [-0.25, -0.2) is 0 Å². The van der Waals surface area contributed by atoms with Crippen LogP contribution in [0, 0.1) is 6.92 Å². The maximum absolute atomic E-state index is 12.0. The predicted octanol–water partition coefficient (Wildman–Crippen LogP) is 5.38. The zero-order valence-electron chi connectivity index (χ0n) is 17.2. The van der Waals surface area contributed by atoms with Crippen molar-refractivity contribution in [3.05, 3.63) is 60.3 Å². The minimum absolute atomic E-state index is 0.176. The summed E-state index contributed by atoms with van der Waals surface area (Å²) in [5.41, 5.74) is 4.57. The van der Waals surface area contributed by atoms with E-state index in [0.717, 1.165) is 54.7 Å². The lowest BCUT2D eigenvalue weighted by molar-refractivity contribution is -0.133. The molecule has 1 aromatic heterocycles. The first-order valence-corrected chi connectivity index (χ1v) is 10.5. The Morgan fingerprint density at radius 2 is 1.83 bits per heavy atom. The van der Waals surface area contributed by atoms with Crippen molar-refractivity contribution in [1.82, 2.24) is 9.88 Å². The third kappa shape index (κ3) is 4.26. The number of hydrogen-bond donors (Lipinski definition) is 0. The number of carbonyl (C=O) groups excluding carboxylic acids is 1. The number of rotatable bonds is 5. The van der Waals surface area contributed by atoms with Crippen LogP contribution in [0.4, 0.5) is 0 Å². The Labute approximate surface area is 172 Å². The number of aryl methyl sites for hydroxylation is 1. The van der Waals surface area contributed by atoms with Crippen LogP contribution in [0.15, 0.2) is 54.7 Å². The summed E-state index contributed by atoms with van der Waals surface area (Å²) in [6.07, 6.45) is 5.48. The van der Waals surface area contributed by atoms with Crippen LogP contribution in [0.2, 0.25) is 0 Å². The van der Waals surface area contributed by atoms with Crippen LogP contribution in [-0.4, -0.2) is 35.0 Å². The number of para-hydroxylation sites is 1. The predicted molar refractivity (Wildman–Crippen MR) is 117 cm³/mol.